The van der Waals surface area contributed by atoms with E-state index in [2.05, 4.69) is 10.0 Å². The van der Waals surface area contributed by atoms with Gasteiger partial charge in [-0.2, -0.15) is 0 Å². The lowest BCUT2D eigenvalue weighted by Gasteiger charge is -2.18. The van der Waals surface area contributed by atoms with E-state index in [-0.39, 0.29) is 27.5 Å². The predicted octanol–water partition coefficient (Wildman–Crippen LogP) is 5.99. The average Bonchev–Trinajstić information content (AvgIpc) is 3.36. The molecular formula is C27H21Cl2N3O5S2. The number of nitrogens with zero attached hydrogens (tertiary/aromatic N) is 1. The van der Waals surface area contributed by atoms with Crippen LogP contribution in [0, 0.1) is 0 Å². The number of aryl methyl sites for hydroxylation is 1. The number of sulfonamides is 1. The number of carbonyl (C=O) groups excluding carboxylic acids is 3. The number of thioether (sulfide) groups is 1. The van der Waals surface area contributed by atoms with E-state index in [4.69, 9.17) is 23.2 Å². The number of hydrogen-bond acceptors (Lipinski definition) is 6. The number of imide groups is 1. The van der Waals surface area contributed by atoms with Crippen LogP contribution in [0.2, 0.25) is 10.0 Å². The Morgan fingerprint density at radius 1 is 0.974 bits per heavy atom. The second-order valence-corrected chi connectivity index (χ2v) is 12.4. The number of halogens is 2. The lowest BCUT2D eigenvalue weighted by molar-refractivity contribution is -0.116. The van der Waals surface area contributed by atoms with Crippen LogP contribution in [-0.2, 0) is 32.6 Å². The summed E-state index contributed by atoms with van der Waals surface area (Å²) in [6.45, 7) is 2.08. The molecule has 8 nitrogen and oxygen atoms in total. The van der Waals surface area contributed by atoms with Gasteiger partial charge in [0.2, 0.25) is 0 Å². The second kappa shape index (κ2) is 10.7. The molecule has 0 atom stereocenters. The minimum absolute atomic E-state index is 0.0400. The molecule has 200 valence electrons. The molecular weight excluding hydrogens is 581 g/mol. The number of para-hydroxylation sites is 1. The first-order valence-electron chi connectivity index (χ1n) is 11.9. The summed E-state index contributed by atoms with van der Waals surface area (Å²) >= 11 is 12.8. The normalized spacial score (nSPS) is 17.0. The molecule has 0 radical (unpaired) electrons. The Hall–Kier alpha value is -3.31. The van der Waals surface area contributed by atoms with Crippen molar-refractivity contribution in [2.24, 2.45) is 0 Å². The van der Waals surface area contributed by atoms with Gasteiger partial charge in [-0.1, -0.05) is 60.8 Å². The quantitative estimate of drug-likeness (QED) is 0.322. The van der Waals surface area contributed by atoms with Gasteiger partial charge in [-0.25, -0.2) is 8.42 Å². The van der Waals surface area contributed by atoms with Crippen LogP contribution in [0.1, 0.15) is 30.0 Å². The van der Waals surface area contributed by atoms with Gasteiger partial charge in [0.1, 0.15) is 0 Å². The fraction of sp³-hybridized carbons (Fsp3) is 0.148. The number of benzene rings is 3. The second-order valence-electron chi connectivity index (χ2n) is 8.88. The minimum Gasteiger partial charge on any atom is -0.303 e. The van der Waals surface area contributed by atoms with Gasteiger partial charge in [-0.3, -0.25) is 24.4 Å². The number of anilines is 2. The molecule has 0 spiro atoms. The molecule has 0 aliphatic carbocycles. The average molecular weight is 603 g/mol. The van der Waals surface area contributed by atoms with E-state index in [0.717, 1.165) is 12.0 Å². The monoisotopic (exact) mass is 601 g/mol. The molecule has 3 aromatic rings. The largest absolute Gasteiger partial charge is 0.303 e. The van der Waals surface area contributed by atoms with Crippen molar-refractivity contribution >= 4 is 79.0 Å². The highest BCUT2D eigenvalue weighted by molar-refractivity contribution is 8.18. The van der Waals surface area contributed by atoms with Crippen LogP contribution in [0.15, 0.2) is 70.5 Å². The third kappa shape index (κ3) is 5.29. The number of hydrogen-bond donors (Lipinski definition) is 2. The minimum atomic E-state index is -4.06. The third-order valence-electron chi connectivity index (χ3n) is 6.25. The first-order chi connectivity index (χ1) is 18.6. The summed E-state index contributed by atoms with van der Waals surface area (Å²) in [4.78, 5) is 39.4. The molecule has 0 saturated carbocycles. The Morgan fingerprint density at radius 2 is 1.74 bits per heavy atom. The molecule has 2 aliphatic heterocycles. The van der Waals surface area contributed by atoms with Crippen molar-refractivity contribution in [3.63, 3.8) is 0 Å². The number of fused-ring (bicyclic) bond motifs is 1. The lowest BCUT2D eigenvalue weighted by Crippen LogP contribution is -2.26. The van der Waals surface area contributed by atoms with Crippen LogP contribution in [0.4, 0.5) is 16.2 Å². The van der Waals surface area contributed by atoms with Crippen LogP contribution in [0.5, 0.6) is 0 Å². The van der Waals surface area contributed by atoms with Crippen molar-refractivity contribution < 1.29 is 22.8 Å². The van der Waals surface area contributed by atoms with E-state index in [1.54, 1.807) is 30.3 Å². The van der Waals surface area contributed by atoms with Crippen molar-refractivity contribution in [1.29, 1.82) is 0 Å². The molecule has 39 heavy (non-hydrogen) atoms. The van der Waals surface area contributed by atoms with E-state index >= 15 is 0 Å². The lowest BCUT2D eigenvalue weighted by atomic mass is 10.1. The van der Waals surface area contributed by atoms with Crippen molar-refractivity contribution in [3.8, 4) is 0 Å². The van der Waals surface area contributed by atoms with Crippen LogP contribution >= 0.6 is 35.0 Å². The van der Waals surface area contributed by atoms with E-state index in [1.165, 1.54) is 23.1 Å². The number of amides is 3. The van der Waals surface area contributed by atoms with E-state index in [0.29, 0.717) is 45.2 Å². The maximum Gasteiger partial charge on any atom is 0.290 e. The Kier molecular flexibility index (Phi) is 7.47. The Balaban J connectivity index is 1.59. The van der Waals surface area contributed by atoms with Gasteiger partial charge in [0.25, 0.3) is 27.1 Å². The molecule has 2 N–H and O–H groups in total. The molecule has 1 fully saturated rings. The molecule has 0 aromatic heterocycles. The summed E-state index contributed by atoms with van der Waals surface area (Å²) < 4.78 is 29.5. The van der Waals surface area contributed by atoms with Gasteiger partial charge in [0, 0.05) is 5.56 Å². The molecule has 5 rings (SSSR count). The molecule has 0 bridgehead atoms. The van der Waals surface area contributed by atoms with Crippen molar-refractivity contribution in [2.45, 2.75) is 31.2 Å². The van der Waals surface area contributed by atoms with Gasteiger partial charge in [-0.15, -0.1) is 0 Å². The molecule has 2 aliphatic rings. The summed E-state index contributed by atoms with van der Waals surface area (Å²) in [5.74, 6) is -1.25. The zero-order valence-electron chi connectivity index (χ0n) is 20.5. The van der Waals surface area contributed by atoms with Crippen LogP contribution in [0.25, 0.3) is 5.57 Å². The van der Waals surface area contributed by atoms with E-state index in [9.17, 15) is 22.8 Å². The zero-order valence-corrected chi connectivity index (χ0v) is 23.6. The fourth-order valence-corrected chi connectivity index (χ4v) is 6.68. The van der Waals surface area contributed by atoms with Gasteiger partial charge in [0.15, 0.2) is 0 Å². The molecule has 12 heteroatoms. The summed E-state index contributed by atoms with van der Waals surface area (Å²) in [6, 6.07) is 16.4. The molecule has 3 amide bonds. The first-order valence-corrected chi connectivity index (χ1v) is 14.9. The zero-order chi connectivity index (χ0) is 27.9. The van der Waals surface area contributed by atoms with Gasteiger partial charge in [-0.05, 0) is 65.7 Å². The summed E-state index contributed by atoms with van der Waals surface area (Å²) in [5.41, 5.74) is 2.58. The Labute approximate surface area is 239 Å². The fourth-order valence-electron chi connectivity index (χ4n) is 4.46. The highest BCUT2D eigenvalue weighted by Gasteiger charge is 2.40. The van der Waals surface area contributed by atoms with Gasteiger partial charge < -0.3 is 4.90 Å². The summed E-state index contributed by atoms with van der Waals surface area (Å²) in [6.07, 6.45) is 1.53. The molecule has 2 heterocycles. The van der Waals surface area contributed by atoms with Crippen molar-refractivity contribution in [2.75, 3.05) is 9.62 Å². The smallest absolute Gasteiger partial charge is 0.290 e. The van der Waals surface area contributed by atoms with Gasteiger partial charge >= 0.3 is 0 Å². The topological polar surface area (TPSA) is 113 Å². The maximum atomic E-state index is 13.7. The highest BCUT2D eigenvalue weighted by atomic mass is 35.5. The standard InChI is InChI=1S/C27H21Cl2N3O5S2/c1-2-5-16-6-3-4-7-21(16)31-39(36,37)17-9-11-22-18(13-17)23(24-25(33)30-27(35)38-24)26(34)32(22)14-15-8-10-19(28)20(29)12-15/h3-4,6-13,31H,2,5,14H2,1H3,(H,30,33,35). The molecule has 3 aromatic carbocycles. The van der Waals surface area contributed by atoms with Gasteiger partial charge in [0.05, 0.1) is 43.3 Å². The van der Waals surface area contributed by atoms with Crippen LogP contribution in [0.3, 0.4) is 0 Å². The molecule has 1 saturated heterocycles. The first kappa shape index (κ1) is 27.3. The summed E-state index contributed by atoms with van der Waals surface area (Å²) in [5, 5.41) is 2.22. The Bertz CT molecular complexity index is 1690. The number of rotatable bonds is 7. The van der Waals surface area contributed by atoms with Crippen molar-refractivity contribution in [1.82, 2.24) is 5.32 Å². The highest BCUT2D eigenvalue weighted by Crippen LogP contribution is 2.44. The van der Waals surface area contributed by atoms with E-state index in [1.807, 2.05) is 19.1 Å². The Morgan fingerprint density at radius 3 is 2.44 bits per heavy atom. The summed E-state index contributed by atoms with van der Waals surface area (Å²) in [7, 11) is -4.06. The number of carbonyl (C=O) groups is 3. The molecule has 0 unspecified atom stereocenters. The van der Waals surface area contributed by atoms with Crippen molar-refractivity contribution in [3.05, 3.63) is 92.3 Å². The number of nitrogens with one attached hydrogen (secondary N) is 2. The van der Waals surface area contributed by atoms with Crippen LogP contribution in [-0.4, -0.2) is 25.5 Å². The maximum absolute atomic E-state index is 13.7. The SMILES string of the molecule is CCCc1ccccc1NS(=O)(=O)c1ccc2c(c1)C(=C1SC(=O)NC1=O)C(=O)N2Cc1ccc(Cl)c(Cl)c1. The third-order valence-corrected chi connectivity index (χ3v) is 9.23. The predicted molar refractivity (Wildman–Crippen MR) is 153 cm³/mol. The van der Waals surface area contributed by atoms with Crippen LogP contribution < -0.4 is 14.9 Å². The van der Waals surface area contributed by atoms with E-state index < -0.39 is 27.1 Å².